The minimum absolute atomic E-state index is 0.0781. The molecular formula is C13H18FNO2. The molecule has 0 bridgehead atoms. The summed E-state index contributed by atoms with van der Waals surface area (Å²) >= 11 is 0. The molecule has 0 aliphatic heterocycles. The number of hydrogen-bond donors (Lipinski definition) is 1. The molecule has 0 spiro atoms. The lowest BCUT2D eigenvalue weighted by Crippen LogP contribution is -2.18. The number of rotatable bonds is 6. The van der Waals surface area contributed by atoms with Crippen molar-refractivity contribution in [3.63, 3.8) is 0 Å². The number of allylic oxidation sites excluding steroid dienone is 2. The minimum Gasteiger partial charge on any atom is -0.465 e. The first-order valence-electron chi connectivity index (χ1n) is 5.65. The molecule has 0 aromatic heterocycles. The molecule has 94 valence electrons. The molecule has 0 amide bonds. The Morgan fingerprint density at radius 1 is 1.59 bits per heavy atom. The van der Waals surface area contributed by atoms with Gasteiger partial charge in [-0.05, 0) is 31.8 Å². The Balaban J connectivity index is 2.80. The second-order valence-electron chi connectivity index (χ2n) is 3.95. The number of ether oxygens (including phenoxy) is 1. The van der Waals surface area contributed by atoms with Crippen LogP contribution in [0.25, 0.3) is 0 Å². The smallest absolute Gasteiger partial charge is 0.340 e. The van der Waals surface area contributed by atoms with E-state index < -0.39 is 11.8 Å². The van der Waals surface area contributed by atoms with Crippen molar-refractivity contribution in [3.8, 4) is 0 Å². The Labute approximate surface area is 101 Å². The number of methoxy groups -OCH3 is 1. The maximum Gasteiger partial charge on any atom is 0.340 e. The van der Waals surface area contributed by atoms with E-state index in [1.165, 1.54) is 32.1 Å². The van der Waals surface area contributed by atoms with Crippen LogP contribution in [0, 0.1) is 5.92 Å². The van der Waals surface area contributed by atoms with Gasteiger partial charge in [0.2, 0.25) is 0 Å². The van der Waals surface area contributed by atoms with E-state index in [4.69, 9.17) is 0 Å². The van der Waals surface area contributed by atoms with Crippen LogP contribution < -0.4 is 5.32 Å². The first-order chi connectivity index (χ1) is 8.13. The van der Waals surface area contributed by atoms with E-state index >= 15 is 0 Å². The summed E-state index contributed by atoms with van der Waals surface area (Å²) in [4.78, 5) is 11.3. The Hall–Kier alpha value is -1.58. The number of esters is 1. The van der Waals surface area contributed by atoms with E-state index in [0.29, 0.717) is 12.5 Å². The van der Waals surface area contributed by atoms with Crippen LogP contribution in [0.3, 0.4) is 0 Å². The maximum absolute atomic E-state index is 14.0. The van der Waals surface area contributed by atoms with Crippen molar-refractivity contribution in [2.24, 2.45) is 5.92 Å². The average Bonchev–Trinajstić information content (AvgIpc) is 3.14. The van der Waals surface area contributed by atoms with Crippen LogP contribution in [0.5, 0.6) is 0 Å². The van der Waals surface area contributed by atoms with E-state index in [9.17, 15) is 9.18 Å². The second kappa shape index (κ2) is 6.23. The second-order valence-corrected chi connectivity index (χ2v) is 3.95. The summed E-state index contributed by atoms with van der Waals surface area (Å²) in [6, 6.07) is 0. The van der Waals surface area contributed by atoms with Crippen LogP contribution in [-0.2, 0) is 9.53 Å². The zero-order valence-corrected chi connectivity index (χ0v) is 10.3. The van der Waals surface area contributed by atoms with Gasteiger partial charge in [-0.1, -0.05) is 12.7 Å². The summed E-state index contributed by atoms with van der Waals surface area (Å²) in [5.41, 5.74) is 0.168. The third kappa shape index (κ3) is 3.73. The zero-order valence-electron chi connectivity index (χ0n) is 10.3. The Kier molecular flexibility index (Phi) is 4.94. The molecule has 0 unspecified atom stereocenters. The Bertz CT molecular complexity index is 368. The van der Waals surface area contributed by atoms with Crippen LogP contribution in [0.1, 0.15) is 19.8 Å². The minimum atomic E-state index is -0.683. The maximum atomic E-state index is 14.0. The molecule has 0 heterocycles. The monoisotopic (exact) mass is 239 g/mol. The van der Waals surface area contributed by atoms with E-state index in [2.05, 4.69) is 16.6 Å². The van der Waals surface area contributed by atoms with Gasteiger partial charge in [0.05, 0.1) is 18.4 Å². The third-order valence-corrected chi connectivity index (χ3v) is 2.65. The number of hydrogen-bond acceptors (Lipinski definition) is 3. The quantitative estimate of drug-likeness (QED) is 0.439. The third-order valence-electron chi connectivity index (χ3n) is 2.65. The van der Waals surface area contributed by atoms with Gasteiger partial charge in [-0.3, -0.25) is 0 Å². The summed E-state index contributed by atoms with van der Waals surface area (Å²) in [5.74, 6) is -0.683. The highest BCUT2D eigenvalue weighted by molar-refractivity contribution is 5.92. The van der Waals surface area contributed by atoms with Gasteiger partial charge in [-0.2, -0.15) is 0 Å². The van der Waals surface area contributed by atoms with Gasteiger partial charge < -0.3 is 10.1 Å². The summed E-state index contributed by atoms with van der Waals surface area (Å²) in [6.07, 6.45) is 5.12. The largest absolute Gasteiger partial charge is 0.465 e. The van der Waals surface area contributed by atoms with E-state index in [1.807, 2.05) is 0 Å². The van der Waals surface area contributed by atoms with Gasteiger partial charge >= 0.3 is 5.97 Å². The van der Waals surface area contributed by atoms with Gasteiger partial charge in [-0.15, -0.1) is 0 Å². The lowest BCUT2D eigenvalue weighted by molar-refractivity contribution is -0.135. The molecule has 1 rings (SSSR count). The standard InChI is InChI=1S/C13H18FNO2/c1-4-10(13(16)17-3)12(14)11(5-2)15-8-9-6-7-9/h4-5,9,15H,2,6-8H2,1,3H3/b10-4+,12-11-. The summed E-state index contributed by atoms with van der Waals surface area (Å²) in [6.45, 7) is 5.85. The lowest BCUT2D eigenvalue weighted by atomic mass is 10.2. The number of halogens is 1. The van der Waals surface area contributed by atoms with Gasteiger partial charge in [0.25, 0.3) is 0 Å². The van der Waals surface area contributed by atoms with Crippen molar-refractivity contribution in [3.05, 3.63) is 35.8 Å². The predicted octanol–water partition coefficient (Wildman–Crippen LogP) is 2.47. The highest BCUT2D eigenvalue weighted by Crippen LogP contribution is 2.28. The fourth-order valence-corrected chi connectivity index (χ4v) is 1.40. The molecule has 1 aliphatic rings. The molecule has 0 saturated heterocycles. The van der Waals surface area contributed by atoms with Crippen LogP contribution in [-0.4, -0.2) is 19.6 Å². The number of nitrogens with one attached hydrogen (secondary N) is 1. The van der Waals surface area contributed by atoms with E-state index in [0.717, 1.165) is 0 Å². The molecule has 17 heavy (non-hydrogen) atoms. The van der Waals surface area contributed by atoms with Crippen molar-refractivity contribution < 1.29 is 13.9 Å². The fraction of sp³-hybridized carbons (Fsp3) is 0.462. The van der Waals surface area contributed by atoms with Crippen LogP contribution in [0.4, 0.5) is 4.39 Å². The average molecular weight is 239 g/mol. The van der Waals surface area contributed by atoms with Gasteiger partial charge in [0.15, 0.2) is 5.83 Å². The molecule has 0 aromatic rings. The number of carbonyl (C=O) groups is 1. The van der Waals surface area contributed by atoms with Gasteiger partial charge in [-0.25, -0.2) is 9.18 Å². The van der Waals surface area contributed by atoms with Crippen molar-refractivity contribution in [2.45, 2.75) is 19.8 Å². The van der Waals surface area contributed by atoms with Crippen molar-refractivity contribution in [2.75, 3.05) is 13.7 Å². The molecule has 1 aliphatic carbocycles. The van der Waals surface area contributed by atoms with Crippen molar-refractivity contribution >= 4 is 5.97 Å². The lowest BCUT2D eigenvalue weighted by Gasteiger charge is -2.09. The normalized spacial score (nSPS) is 17.2. The molecule has 4 heteroatoms. The summed E-state index contributed by atoms with van der Waals surface area (Å²) < 4.78 is 18.5. The number of carbonyl (C=O) groups excluding carboxylic acids is 1. The molecule has 0 atom stereocenters. The SMILES string of the molecule is C=C/C(NCC1CC1)=C(F)\C(=C/C)C(=O)OC. The molecule has 1 fully saturated rings. The topological polar surface area (TPSA) is 38.3 Å². The van der Waals surface area contributed by atoms with Crippen molar-refractivity contribution in [1.82, 2.24) is 5.32 Å². The molecular weight excluding hydrogens is 221 g/mol. The fourth-order valence-electron chi connectivity index (χ4n) is 1.40. The predicted molar refractivity (Wildman–Crippen MR) is 64.8 cm³/mol. The molecule has 1 saturated carbocycles. The van der Waals surface area contributed by atoms with Crippen LogP contribution >= 0.6 is 0 Å². The van der Waals surface area contributed by atoms with Crippen molar-refractivity contribution in [1.29, 1.82) is 0 Å². The first kappa shape index (κ1) is 13.5. The molecule has 0 radical (unpaired) electrons. The van der Waals surface area contributed by atoms with E-state index in [-0.39, 0.29) is 11.3 Å². The molecule has 3 nitrogen and oxygen atoms in total. The van der Waals surface area contributed by atoms with E-state index in [1.54, 1.807) is 6.92 Å². The molecule has 0 aromatic carbocycles. The molecule has 1 N–H and O–H groups in total. The van der Waals surface area contributed by atoms with Crippen LogP contribution in [0.2, 0.25) is 0 Å². The highest BCUT2D eigenvalue weighted by atomic mass is 19.1. The summed E-state index contributed by atoms with van der Waals surface area (Å²) in [7, 11) is 1.23. The summed E-state index contributed by atoms with van der Waals surface area (Å²) in [5, 5.41) is 2.96. The Morgan fingerprint density at radius 2 is 2.24 bits per heavy atom. The zero-order chi connectivity index (χ0) is 12.8. The van der Waals surface area contributed by atoms with Crippen LogP contribution in [0.15, 0.2) is 35.8 Å². The first-order valence-corrected chi connectivity index (χ1v) is 5.65. The van der Waals surface area contributed by atoms with Gasteiger partial charge in [0.1, 0.15) is 0 Å². The highest BCUT2D eigenvalue weighted by Gasteiger charge is 2.22. The Morgan fingerprint density at radius 3 is 2.65 bits per heavy atom. The van der Waals surface area contributed by atoms with Gasteiger partial charge in [0, 0.05) is 6.54 Å².